The number of carbonyl (C=O) groups excluding carboxylic acids is 1. The van der Waals surface area contributed by atoms with E-state index < -0.39 is 0 Å². The maximum atomic E-state index is 12.0. The lowest BCUT2D eigenvalue weighted by atomic mass is 10.2. The highest BCUT2D eigenvalue weighted by Gasteiger charge is 2.23. The van der Waals surface area contributed by atoms with E-state index in [2.05, 4.69) is 5.10 Å². The van der Waals surface area contributed by atoms with Crippen LogP contribution >= 0.6 is 0 Å². The largest absolute Gasteiger partial charge is 0.466 e. The van der Waals surface area contributed by atoms with Crippen LogP contribution < -0.4 is 5.01 Å². The van der Waals surface area contributed by atoms with E-state index >= 15 is 0 Å². The van der Waals surface area contributed by atoms with Gasteiger partial charge in [0.1, 0.15) is 0 Å². The van der Waals surface area contributed by atoms with E-state index in [9.17, 15) is 4.79 Å². The van der Waals surface area contributed by atoms with Crippen LogP contribution in [0.4, 0.5) is 5.69 Å². The molecule has 1 aliphatic heterocycles. The molecule has 0 atom stereocenters. The number of amides is 1. The normalized spacial score (nSPS) is 14.8. The molecular formula is C16H14N2O2. The van der Waals surface area contributed by atoms with E-state index in [-0.39, 0.29) is 12.5 Å². The van der Waals surface area contributed by atoms with Gasteiger partial charge >= 0.3 is 0 Å². The second-order valence-electron chi connectivity index (χ2n) is 4.60. The van der Waals surface area contributed by atoms with Crippen LogP contribution in [0.25, 0.3) is 0 Å². The van der Waals surface area contributed by atoms with Crippen molar-refractivity contribution in [2.45, 2.75) is 6.92 Å². The van der Waals surface area contributed by atoms with Gasteiger partial charge in [-0.15, -0.1) is 5.10 Å². The van der Waals surface area contributed by atoms with Gasteiger partial charge in [0.25, 0.3) is 5.91 Å². The fourth-order valence-corrected chi connectivity index (χ4v) is 1.98. The Morgan fingerprint density at radius 2 is 1.75 bits per heavy atom. The Morgan fingerprint density at radius 1 is 1.05 bits per heavy atom. The van der Waals surface area contributed by atoms with Crippen LogP contribution in [0.5, 0.6) is 0 Å². The Morgan fingerprint density at radius 3 is 2.45 bits per heavy atom. The summed E-state index contributed by atoms with van der Waals surface area (Å²) in [5.74, 6) is 0.291. The number of aryl methyl sites for hydroxylation is 1. The van der Waals surface area contributed by atoms with E-state index in [0.717, 1.165) is 16.8 Å². The number of anilines is 1. The van der Waals surface area contributed by atoms with Crippen molar-refractivity contribution in [2.24, 2.45) is 5.10 Å². The Balaban J connectivity index is 1.97. The summed E-state index contributed by atoms with van der Waals surface area (Å²) < 4.78 is 5.41. The van der Waals surface area contributed by atoms with Crippen molar-refractivity contribution in [3.8, 4) is 0 Å². The van der Waals surface area contributed by atoms with E-state index in [1.165, 1.54) is 5.01 Å². The molecular weight excluding hydrogens is 252 g/mol. The quantitative estimate of drug-likeness (QED) is 0.838. The molecule has 4 nitrogen and oxygen atoms in total. The number of carbonyl (C=O) groups is 1. The van der Waals surface area contributed by atoms with Gasteiger partial charge in [0.2, 0.25) is 5.90 Å². The number of ether oxygens (including phenoxy) is 1. The molecule has 1 heterocycles. The number of hydrazone groups is 1. The lowest BCUT2D eigenvalue weighted by Gasteiger charge is -2.23. The summed E-state index contributed by atoms with van der Waals surface area (Å²) in [6.45, 7) is 2.01. The Bertz CT molecular complexity index is 648. The van der Waals surface area contributed by atoms with Crippen LogP contribution in [0, 0.1) is 6.92 Å². The third kappa shape index (κ3) is 2.40. The van der Waals surface area contributed by atoms with Crippen molar-refractivity contribution in [1.29, 1.82) is 0 Å². The first-order chi connectivity index (χ1) is 9.74. The van der Waals surface area contributed by atoms with Gasteiger partial charge in [-0.25, -0.2) is 0 Å². The lowest BCUT2D eigenvalue weighted by Crippen LogP contribution is -2.36. The van der Waals surface area contributed by atoms with Crippen molar-refractivity contribution in [3.63, 3.8) is 0 Å². The minimum absolute atomic E-state index is 0.00159. The number of hydrogen-bond acceptors (Lipinski definition) is 3. The van der Waals surface area contributed by atoms with Crippen molar-refractivity contribution in [2.75, 3.05) is 11.6 Å². The molecule has 2 aromatic carbocycles. The number of rotatable bonds is 2. The first-order valence-electron chi connectivity index (χ1n) is 6.40. The summed E-state index contributed by atoms with van der Waals surface area (Å²) in [4.78, 5) is 12.0. The highest BCUT2D eigenvalue weighted by molar-refractivity contribution is 6.04. The van der Waals surface area contributed by atoms with Crippen LogP contribution in [-0.4, -0.2) is 18.4 Å². The zero-order valence-electron chi connectivity index (χ0n) is 11.1. The zero-order chi connectivity index (χ0) is 13.9. The Labute approximate surface area is 117 Å². The second kappa shape index (κ2) is 5.17. The van der Waals surface area contributed by atoms with Crippen molar-refractivity contribution < 1.29 is 9.53 Å². The molecule has 2 aromatic rings. The van der Waals surface area contributed by atoms with E-state index in [4.69, 9.17) is 4.74 Å². The predicted octanol–water partition coefficient (Wildman–Crippen LogP) is 2.72. The third-order valence-corrected chi connectivity index (χ3v) is 3.06. The van der Waals surface area contributed by atoms with Crippen LogP contribution in [-0.2, 0) is 9.53 Å². The molecule has 0 saturated carbocycles. The summed E-state index contributed by atoms with van der Waals surface area (Å²) in [6.07, 6.45) is 0. The minimum atomic E-state index is -0.173. The monoisotopic (exact) mass is 266 g/mol. The van der Waals surface area contributed by atoms with Crippen LogP contribution in [0.3, 0.4) is 0 Å². The molecule has 0 fully saturated rings. The molecule has 0 unspecified atom stereocenters. The Kier molecular flexibility index (Phi) is 3.21. The van der Waals surface area contributed by atoms with Gasteiger partial charge in [-0.2, -0.15) is 5.01 Å². The maximum absolute atomic E-state index is 12.0. The van der Waals surface area contributed by atoms with Crippen LogP contribution in [0.15, 0.2) is 59.7 Å². The van der Waals surface area contributed by atoms with Gasteiger partial charge < -0.3 is 4.74 Å². The van der Waals surface area contributed by atoms with Gasteiger partial charge in [-0.05, 0) is 31.2 Å². The van der Waals surface area contributed by atoms with Gasteiger partial charge in [0.05, 0.1) is 5.69 Å². The maximum Gasteiger partial charge on any atom is 0.285 e. The molecule has 100 valence electrons. The van der Waals surface area contributed by atoms with Crippen molar-refractivity contribution >= 4 is 17.5 Å². The van der Waals surface area contributed by atoms with E-state index in [1.54, 1.807) is 0 Å². The summed E-state index contributed by atoms with van der Waals surface area (Å²) >= 11 is 0. The van der Waals surface area contributed by atoms with Gasteiger partial charge in [0, 0.05) is 5.56 Å². The van der Waals surface area contributed by atoms with Crippen LogP contribution in [0.1, 0.15) is 11.1 Å². The molecule has 0 N–H and O–H groups in total. The standard InChI is InChI=1S/C16H14N2O2/c1-12-7-9-14(10-8-12)18-15(19)11-20-16(17-18)13-5-3-2-4-6-13/h2-10H,11H2,1H3. The number of benzene rings is 2. The topological polar surface area (TPSA) is 41.9 Å². The molecule has 0 spiro atoms. The average molecular weight is 266 g/mol. The highest BCUT2D eigenvalue weighted by atomic mass is 16.5. The molecule has 20 heavy (non-hydrogen) atoms. The summed E-state index contributed by atoms with van der Waals surface area (Å²) in [5.41, 5.74) is 2.75. The fourth-order valence-electron chi connectivity index (χ4n) is 1.98. The number of nitrogens with zero attached hydrogens (tertiary/aromatic N) is 2. The average Bonchev–Trinajstić information content (AvgIpc) is 2.50. The summed E-state index contributed by atoms with van der Waals surface area (Å²) in [5, 5.41) is 5.71. The molecule has 0 radical (unpaired) electrons. The van der Waals surface area contributed by atoms with Gasteiger partial charge in [-0.3, -0.25) is 4.79 Å². The first kappa shape index (κ1) is 12.4. The molecule has 1 amide bonds. The molecule has 0 bridgehead atoms. The smallest absolute Gasteiger partial charge is 0.285 e. The van der Waals surface area contributed by atoms with Crippen molar-refractivity contribution in [3.05, 3.63) is 65.7 Å². The van der Waals surface area contributed by atoms with Gasteiger partial charge in [0.15, 0.2) is 6.61 Å². The second-order valence-corrected chi connectivity index (χ2v) is 4.60. The third-order valence-electron chi connectivity index (χ3n) is 3.06. The van der Waals surface area contributed by atoms with Crippen LogP contribution in [0.2, 0.25) is 0 Å². The molecule has 3 rings (SSSR count). The molecule has 0 aromatic heterocycles. The SMILES string of the molecule is Cc1ccc(N2N=C(c3ccccc3)OCC2=O)cc1. The van der Waals surface area contributed by atoms with E-state index in [0.29, 0.717) is 5.90 Å². The lowest BCUT2D eigenvalue weighted by molar-refractivity contribution is -0.121. The number of hydrogen-bond donors (Lipinski definition) is 0. The molecule has 0 aliphatic carbocycles. The van der Waals surface area contributed by atoms with E-state index in [1.807, 2.05) is 61.5 Å². The highest BCUT2D eigenvalue weighted by Crippen LogP contribution is 2.19. The predicted molar refractivity (Wildman–Crippen MR) is 77.6 cm³/mol. The fraction of sp³-hybridized carbons (Fsp3) is 0.125. The Hall–Kier alpha value is -2.62. The molecule has 0 saturated heterocycles. The van der Waals surface area contributed by atoms with Gasteiger partial charge in [-0.1, -0.05) is 35.9 Å². The minimum Gasteiger partial charge on any atom is -0.466 e. The van der Waals surface area contributed by atoms with Crippen molar-refractivity contribution in [1.82, 2.24) is 0 Å². The summed E-state index contributed by atoms with van der Waals surface area (Å²) in [7, 11) is 0. The zero-order valence-corrected chi connectivity index (χ0v) is 11.1. The molecule has 1 aliphatic rings. The first-order valence-corrected chi connectivity index (χ1v) is 6.40. The summed E-state index contributed by atoms with van der Waals surface area (Å²) in [6, 6.07) is 17.2. The molecule has 4 heteroatoms.